The first-order valence-electron chi connectivity index (χ1n) is 10.0. The normalized spacial score (nSPS) is 14.3. The van der Waals surface area contributed by atoms with Gasteiger partial charge in [0.2, 0.25) is 5.91 Å². The monoisotopic (exact) mass is 403 g/mol. The summed E-state index contributed by atoms with van der Waals surface area (Å²) >= 11 is 0. The van der Waals surface area contributed by atoms with Gasteiger partial charge in [-0.15, -0.1) is 0 Å². The molecule has 4 rings (SSSR count). The second-order valence-corrected chi connectivity index (χ2v) is 7.13. The van der Waals surface area contributed by atoms with Crippen LogP contribution in [0.1, 0.15) is 17.0 Å². The number of ether oxygens (including phenoxy) is 1. The lowest BCUT2D eigenvalue weighted by Crippen LogP contribution is -2.37. The van der Waals surface area contributed by atoms with Crippen LogP contribution in [0.3, 0.4) is 0 Å². The van der Waals surface area contributed by atoms with Gasteiger partial charge in [0.05, 0.1) is 30.3 Å². The van der Waals surface area contributed by atoms with Crippen LogP contribution >= 0.6 is 0 Å². The van der Waals surface area contributed by atoms with E-state index >= 15 is 0 Å². The molecule has 2 aromatic heterocycles. The smallest absolute Gasteiger partial charge is 0.248 e. The largest absolute Gasteiger partial charge is 0.378 e. The van der Waals surface area contributed by atoms with Crippen molar-refractivity contribution in [3.05, 3.63) is 71.7 Å². The highest BCUT2D eigenvalue weighted by atomic mass is 16.5. The first-order valence-corrected chi connectivity index (χ1v) is 10.0. The first-order chi connectivity index (χ1) is 14.6. The molecule has 7 nitrogen and oxygen atoms in total. The maximum absolute atomic E-state index is 12.6. The molecule has 1 aliphatic heterocycles. The van der Waals surface area contributed by atoms with E-state index in [0.717, 1.165) is 41.5 Å². The predicted octanol–water partition coefficient (Wildman–Crippen LogP) is 3.37. The van der Waals surface area contributed by atoms with E-state index in [4.69, 9.17) is 4.74 Å². The number of benzene rings is 1. The van der Waals surface area contributed by atoms with Crippen LogP contribution in [0.5, 0.6) is 0 Å². The highest BCUT2D eigenvalue weighted by molar-refractivity contribution is 6.03. The number of hydrogen-bond donors (Lipinski definition) is 1. The Balaban J connectivity index is 1.51. The summed E-state index contributed by atoms with van der Waals surface area (Å²) in [5, 5.41) is 7.58. The number of para-hydroxylation sites is 1. The fraction of sp³-hybridized carbons (Fsp3) is 0.261. The molecule has 1 aromatic carbocycles. The summed E-state index contributed by atoms with van der Waals surface area (Å²) in [6.07, 6.45) is 5.10. The van der Waals surface area contributed by atoms with Crippen LogP contribution in [0.15, 0.2) is 54.7 Å². The van der Waals surface area contributed by atoms with Gasteiger partial charge in [0.1, 0.15) is 0 Å². The Labute approximate surface area is 176 Å². The standard InChI is InChI=1S/C23H25N5O2/c1-17-20(18(2)28(26-17)19-7-4-3-5-8-19)10-11-22(29)25-21-9-6-12-24-23(21)27-13-15-30-16-14-27/h3-12H,13-16H2,1-2H3,(H,25,29)/b11-10-. The number of nitrogens with zero attached hydrogens (tertiary/aromatic N) is 4. The molecule has 1 amide bonds. The summed E-state index contributed by atoms with van der Waals surface area (Å²) in [7, 11) is 0. The van der Waals surface area contributed by atoms with Crippen LogP contribution in [-0.2, 0) is 9.53 Å². The lowest BCUT2D eigenvalue weighted by atomic mass is 10.2. The van der Waals surface area contributed by atoms with Gasteiger partial charge in [-0.25, -0.2) is 9.67 Å². The second-order valence-electron chi connectivity index (χ2n) is 7.13. The molecular weight excluding hydrogens is 378 g/mol. The number of aryl methyl sites for hydroxylation is 1. The lowest BCUT2D eigenvalue weighted by molar-refractivity contribution is -0.111. The van der Waals surface area contributed by atoms with Crippen LogP contribution < -0.4 is 10.2 Å². The van der Waals surface area contributed by atoms with E-state index in [9.17, 15) is 4.79 Å². The number of rotatable bonds is 5. The van der Waals surface area contributed by atoms with E-state index < -0.39 is 0 Å². The van der Waals surface area contributed by atoms with E-state index in [1.54, 1.807) is 12.3 Å². The summed E-state index contributed by atoms with van der Waals surface area (Å²) in [6.45, 7) is 6.78. The number of pyridine rings is 1. The number of aromatic nitrogens is 3. The third kappa shape index (κ3) is 4.26. The van der Waals surface area contributed by atoms with Crippen molar-refractivity contribution >= 4 is 23.5 Å². The molecule has 0 radical (unpaired) electrons. The zero-order chi connectivity index (χ0) is 20.9. The number of amides is 1. The van der Waals surface area contributed by atoms with Crippen molar-refractivity contribution in [3.8, 4) is 5.69 Å². The number of morpholine rings is 1. The van der Waals surface area contributed by atoms with Crippen molar-refractivity contribution in [3.63, 3.8) is 0 Å². The third-order valence-electron chi connectivity index (χ3n) is 5.10. The second kappa shape index (κ2) is 8.92. The number of carbonyl (C=O) groups is 1. The molecule has 30 heavy (non-hydrogen) atoms. The fourth-order valence-electron chi connectivity index (χ4n) is 3.57. The summed E-state index contributed by atoms with van der Waals surface area (Å²) in [4.78, 5) is 19.2. The fourth-order valence-corrected chi connectivity index (χ4v) is 3.57. The molecule has 7 heteroatoms. The molecule has 0 bridgehead atoms. The van der Waals surface area contributed by atoms with Crippen LogP contribution in [0.4, 0.5) is 11.5 Å². The highest BCUT2D eigenvalue weighted by Gasteiger charge is 2.17. The first kappa shape index (κ1) is 19.8. The molecule has 0 atom stereocenters. The molecule has 0 unspecified atom stereocenters. The number of anilines is 2. The van der Waals surface area contributed by atoms with E-state index in [2.05, 4.69) is 20.3 Å². The maximum atomic E-state index is 12.6. The van der Waals surface area contributed by atoms with Gasteiger partial charge in [-0.3, -0.25) is 4.79 Å². The topological polar surface area (TPSA) is 72.3 Å². The molecule has 0 aliphatic carbocycles. The van der Waals surface area contributed by atoms with Crippen molar-refractivity contribution in [2.75, 3.05) is 36.5 Å². The Kier molecular flexibility index (Phi) is 5.90. The molecule has 1 aliphatic rings. The minimum atomic E-state index is -0.205. The third-order valence-corrected chi connectivity index (χ3v) is 5.10. The zero-order valence-electron chi connectivity index (χ0n) is 17.2. The number of nitrogens with one attached hydrogen (secondary N) is 1. The Morgan fingerprint density at radius 3 is 2.63 bits per heavy atom. The van der Waals surface area contributed by atoms with Gasteiger partial charge in [-0.05, 0) is 44.2 Å². The number of hydrogen-bond acceptors (Lipinski definition) is 5. The average molecular weight is 403 g/mol. The Bertz CT molecular complexity index is 1050. The molecule has 0 saturated carbocycles. The van der Waals surface area contributed by atoms with Gasteiger partial charge in [-0.2, -0.15) is 5.10 Å². The average Bonchev–Trinajstić information content (AvgIpc) is 3.07. The van der Waals surface area contributed by atoms with Crippen LogP contribution in [-0.4, -0.2) is 47.0 Å². The van der Waals surface area contributed by atoms with Gasteiger partial charge in [0.25, 0.3) is 0 Å². The number of carbonyl (C=O) groups excluding carboxylic acids is 1. The van der Waals surface area contributed by atoms with Gasteiger partial charge in [-0.1, -0.05) is 18.2 Å². The van der Waals surface area contributed by atoms with Gasteiger partial charge < -0.3 is 15.0 Å². The van der Waals surface area contributed by atoms with Crippen molar-refractivity contribution in [2.45, 2.75) is 13.8 Å². The van der Waals surface area contributed by atoms with E-state index in [1.165, 1.54) is 0 Å². The highest BCUT2D eigenvalue weighted by Crippen LogP contribution is 2.24. The minimum absolute atomic E-state index is 0.205. The Morgan fingerprint density at radius 2 is 1.87 bits per heavy atom. The summed E-state index contributed by atoms with van der Waals surface area (Å²) in [5.74, 6) is 0.565. The van der Waals surface area contributed by atoms with Gasteiger partial charge >= 0.3 is 0 Å². The van der Waals surface area contributed by atoms with Crippen molar-refractivity contribution < 1.29 is 9.53 Å². The van der Waals surface area contributed by atoms with E-state index in [-0.39, 0.29) is 5.91 Å². The van der Waals surface area contributed by atoms with Gasteiger partial charge in [0, 0.05) is 36.6 Å². The molecule has 1 N–H and O–H groups in total. The predicted molar refractivity (Wildman–Crippen MR) is 118 cm³/mol. The Hall–Kier alpha value is -3.45. The zero-order valence-corrected chi connectivity index (χ0v) is 17.2. The van der Waals surface area contributed by atoms with E-state index in [0.29, 0.717) is 18.9 Å². The summed E-state index contributed by atoms with van der Waals surface area (Å²) < 4.78 is 7.30. The quantitative estimate of drug-likeness (QED) is 0.662. The van der Waals surface area contributed by atoms with E-state index in [1.807, 2.05) is 67.1 Å². The molecule has 0 spiro atoms. The molecule has 3 heterocycles. The molecular formula is C23H25N5O2. The van der Waals surface area contributed by atoms with Crippen molar-refractivity contribution in [1.29, 1.82) is 0 Å². The molecule has 3 aromatic rings. The van der Waals surface area contributed by atoms with Crippen LogP contribution in [0, 0.1) is 13.8 Å². The molecule has 154 valence electrons. The minimum Gasteiger partial charge on any atom is -0.378 e. The van der Waals surface area contributed by atoms with Crippen LogP contribution in [0.25, 0.3) is 11.8 Å². The van der Waals surface area contributed by atoms with Crippen molar-refractivity contribution in [2.24, 2.45) is 0 Å². The summed E-state index contributed by atoms with van der Waals surface area (Å²) in [6, 6.07) is 13.6. The summed E-state index contributed by atoms with van der Waals surface area (Å²) in [5.41, 5.74) is 4.48. The molecule has 1 saturated heterocycles. The van der Waals surface area contributed by atoms with Crippen molar-refractivity contribution in [1.82, 2.24) is 14.8 Å². The van der Waals surface area contributed by atoms with Crippen LogP contribution in [0.2, 0.25) is 0 Å². The van der Waals surface area contributed by atoms with Gasteiger partial charge in [0.15, 0.2) is 5.82 Å². The molecule has 1 fully saturated rings. The maximum Gasteiger partial charge on any atom is 0.248 e. The SMILES string of the molecule is Cc1nn(-c2ccccc2)c(C)c1/C=C\C(=O)Nc1cccnc1N1CCOCC1. The Morgan fingerprint density at radius 1 is 1.10 bits per heavy atom. The lowest BCUT2D eigenvalue weighted by Gasteiger charge is -2.29.